The van der Waals surface area contributed by atoms with Crippen LogP contribution in [0.1, 0.15) is 6.42 Å². The Kier molecular flexibility index (Phi) is 10.8. The number of rotatable bonds is 8. The number of hydrogen-bond acceptors (Lipinski definition) is 5. The highest BCUT2D eigenvalue weighted by molar-refractivity contribution is 5.91. The standard InChI is InChI=1S/C14H19N5O2.2ClH/c1-15-6-5-14(20)18-12-3-2-4-13(9-12)21-8-7-19-11-16-10-17-19;;/h2-4,9-11,15H,5-8H2,1H3,(H,18,20);2*1H. The summed E-state index contributed by atoms with van der Waals surface area (Å²) >= 11 is 0. The molecule has 0 fully saturated rings. The van der Waals surface area contributed by atoms with Crippen molar-refractivity contribution in [3.05, 3.63) is 36.9 Å². The fourth-order valence-electron chi connectivity index (χ4n) is 1.73. The van der Waals surface area contributed by atoms with E-state index < -0.39 is 0 Å². The summed E-state index contributed by atoms with van der Waals surface area (Å²) in [6, 6.07) is 7.34. The molecule has 1 amide bonds. The number of halogens is 2. The van der Waals surface area contributed by atoms with Crippen molar-refractivity contribution in [2.45, 2.75) is 13.0 Å². The van der Waals surface area contributed by atoms with Crippen LogP contribution in [0.3, 0.4) is 0 Å². The summed E-state index contributed by atoms with van der Waals surface area (Å²) in [5.74, 6) is 0.686. The number of aromatic nitrogens is 3. The number of benzene rings is 1. The monoisotopic (exact) mass is 361 g/mol. The maximum atomic E-state index is 11.6. The van der Waals surface area contributed by atoms with Gasteiger partial charge in [-0.1, -0.05) is 6.07 Å². The zero-order valence-electron chi connectivity index (χ0n) is 12.8. The van der Waals surface area contributed by atoms with E-state index in [-0.39, 0.29) is 30.7 Å². The minimum absolute atomic E-state index is 0. The molecular formula is C14H21Cl2N5O2. The van der Waals surface area contributed by atoms with Gasteiger partial charge in [-0.3, -0.25) is 4.79 Å². The van der Waals surface area contributed by atoms with Crippen molar-refractivity contribution in [2.75, 3.05) is 25.5 Å². The van der Waals surface area contributed by atoms with Crippen LogP contribution in [0.2, 0.25) is 0 Å². The maximum absolute atomic E-state index is 11.6. The van der Waals surface area contributed by atoms with Crippen LogP contribution in [0.5, 0.6) is 5.75 Å². The second-order valence-corrected chi connectivity index (χ2v) is 4.44. The quantitative estimate of drug-likeness (QED) is 0.748. The molecule has 2 N–H and O–H groups in total. The van der Waals surface area contributed by atoms with E-state index in [9.17, 15) is 4.79 Å². The Morgan fingerprint density at radius 2 is 2.17 bits per heavy atom. The van der Waals surface area contributed by atoms with Gasteiger partial charge in [0, 0.05) is 24.7 Å². The molecule has 0 saturated heterocycles. The highest BCUT2D eigenvalue weighted by Crippen LogP contribution is 2.17. The predicted molar refractivity (Wildman–Crippen MR) is 93.6 cm³/mol. The number of carbonyl (C=O) groups is 1. The van der Waals surface area contributed by atoms with Crippen LogP contribution < -0.4 is 15.4 Å². The Balaban J connectivity index is 0.00000242. The zero-order chi connectivity index (χ0) is 14.9. The number of carbonyl (C=O) groups excluding carboxylic acids is 1. The van der Waals surface area contributed by atoms with Crippen LogP contribution in [-0.4, -0.2) is 40.9 Å². The van der Waals surface area contributed by atoms with Gasteiger partial charge in [-0.15, -0.1) is 24.8 Å². The van der Waals surface area contributed by atoms with Gasteiger partial charge >= 0.3 is 0 Å². The van der Waals surface area contributed by atoms with Crippen LogP contribution >= 0.6 is 24.8 Å². The van der Waals surface area contributed by atoms with Crippen molar-refractivity contribution in [1.82, 2.24) is 20.1 Å². The lowest BCUT2D eigenvalue weighted by atomic mass is 10.3. The molecular weight excluding hydrogens is 341 g/mol. The Hall–Kier alpha value is -1.83. The fourth-order valence-corrected chi connectivity index (χ4v) is 1.73. The second-order valence-electron chi connectivity index (χ2n) is 4.44. The van der Waals surface area contributed by atoms with Gasteiger partial charge in [0.05, 0.1) is 6.54 Å². The summed E-state index contributed by atoms with van der Waals surface area (Å²) in [7, 11) is 1.82. The molecule has 0 aliphatic rings. The van der Waals surface area contributed by atoms with E-state index in [1.54, 1.807) is 17.1 Å². The molecule has 1 aromatic heterocycles. The topological polar surface area (TPSA) is 81.1 Å². The number of amides is 1. The molecule has 23 heavy (non-hydrogen) atoms. The summed E-state index contributed by atoms with van der Waals surface area (Å²) in [5, 5.41) is 9.77. The molecule has 0 aliphatic carbocycles. The molecule has 0 radical (unpaired) electrons. The Morgan fingerprint density at radius 3 is 2.87 bits per heavy atom. The average Bonchev–Trinajstić information content (AvgIpc) is 2.99. The summed E-state index contributed by atoms with van der Waals surface area (Å²) < 4.78 is 7.33. The minimum Gasteiger partial charge on any atom is -0.492 e. The van der Waals surface area contributed by atoms with Gasteiger partial charge in [0.25, 0.3) is 0 Å². The van der Waals surface area contributed by atoms with E-state index in [0.29, 0.717) is 31.9 Å². The predicted octanol–water partition coefficient (Wildman–Crippen LogP) is 1.75. The summed E-state index contributed by atoms with van der Waals surface area (Å²) in [6.45, 7) is 1.76. The number of nitrogens with one attached hydrogen (secondary N) is 2. The van der Waals surface area contributed by atoms with Crippen LogP contribution in [-0.2, 0) is 11.3 Å². The number of anilines is 1. The average molecular weight is 362 g/mol. The van der Waals surface area contributed by atoms with Crippen LogP contribution in [0.25, 0.3) is 0 Å². The van der Waals surface area contributed by atoms with E-state index in [1.807, 2.05) is 25.2 Å². The first kappa shape index (κ1) is 21.2. The van der Waals surface area contributed by atoms with Gasteiger partial charge < -0.3 is 15.4 Å². The molecule has 0 spiro atoms. The van der Waals surface area contributed by atoms with E-state index in [1.165, 1.54) is 6.33 Å². The number of hydrogen-bond donors (Lipinski definition) is 2. The molecule has 0 bridgehead atoms. The lowest BCUT2D eigenvalue weighted by Gasteiger charge is -2.09. The largest absolute Gasteiger partial charge is 0.492 e. The van der Waals surface area contributed by atoms with E-state index in [4.69, 9.17) is 4.74 Å². The van der Waals surface area contributed by atoms with E-state index in [2.05, 4.69) is 20.7 Å². The molecule has 1 aromatic carbocycles. The molecule has 0 saturated carbocycles. The third-order valence-corrected chi connectivity index (χ3v) is 2.78. The summed E-state index contributed by atoms with van der Waals surface area (Å²) in [5.41, 5.74) is 0.731. The van der Waals surface area contributed by atoms with Gasteiger partial charge in [0.15, 0.2) is 0 Å². The van der Waals surface area contributed by atoms with Crippen molar-refractivity contribution >= 4 is 36.4 Å². The van der Waals surface area contributed by atoms with Crippen molar-refractivity contribution in [2.24, 2.45) is 0 Å². The summed E-state index contributed by atoms with van der Waals surface area (Å²) in [6.07, 6.45) is 3.57. The second kappa shape index (κ2) is 11.7. The van der Waals surface area contributed by atoms with Crippen molar-refractivity contribution < 1.29 is 9.53 Å². The molecule has 9 heteroatoms. The molecule has 0 aliphatic heterocycles. The molecule has 1 heterocycles. The molecule has 0 atom stereocenters. The smallest absolute Gasteiger partial charge is 0.225 e. The maximum Gasteiger partial charge on any atom is 0.225 e. The zero-order valence-corrected chi connectivity index (χ0v) is 14.4. The molecule has 0 unspecified atom stereocenters. The van der Waals surface area contributed by atoms with Gasteiger partial charge in [-0.25, -0.2) is 9.67 Å². The Morgan fingerprint density at radius 1 is 1.35 bits per heavy atom. The van der Waals surface area contributed by atoms with Crippen LogP contribution in [0, 0.1) is 0 Å². The lowest BCUT2D eigenvalue weighted by molar-refractivity contribution is -0.116. The first-order valence-electron chi connectivity index (χ1n) is 6.77. The lowest BCUT2D eigenvalue weighted by Crippen LogP contribution is -2.18. The normalized spacial score (nSPS) is 9.43. The SMILES string of the molecule is CNCCC(=O)Nc1cccc(OCCn2cncn2)c1.Cl.Cl. The highest BCUT2D eigenvalue weighted by Gasteiger charge is 2.03. The van der Waals surface area contributed by atoms with Crippen LogP contribution in [0.4, 0.5) is 5.69 Å². The van der Waals surface area contributed by atoms with Crippen molar-refractivity contribution in [3.63, 3.8) is 0 Å². The van der Waals surface area contributed by atoms with E-state index in [0.717, 1.165) is 5.69 Å². The van der Waals surface area contributed by atoms with Crippen molar-refractivity contribution in [1.29, 1.82) is 0 Å². The minimum atomic E-state index is -0.0240. The third kappa shape index (κ3) is 7.83. The van der Waals surface area contributed by atoms with E-state index >= 15 is 0 Å². The fraction of sp³-hybridized carbons (Fsp3) is 0.357. The highest BCUT2D eigenvalue weighted by atomic mass is 35.5. The van der Waals surface area contributed by atoms with Gasteiger partial charge in [0.1, 0.15) is 25.0 Å². The molecule has 128 valence electrons. The van der Waals surface area contributed by atoms with Crippen molar-refractivity contribution in [3.8, 4) is 5.75 Å². The van der Waals surface area contributed by atoms with Gasteiger partial charge in [-0.05, 0) is 19.2 Å². The first-order valence-corrected chi connectivity index (χ1v) is 6.77. The van der Waals surface area contributed by atoms with Gasteiger partial charge in [-0.2, -0.15) is 5.10 Å². The Bertz CT molecular complexity index is 566. The number of nitrogens with zero attached hydrogens (tertiary/aromatic N) is 3. The van der Waals surface area contributed by atoms with Crippen LogP contribution in [0.15, 0.2) is 36.9 Å². The van der Waals surface area contributed by atoms with Gasteiger partial charge in [0.2, 0.25) is 5.91 Å². The molecule has 7 nitrogen and oxygen atoms in total. The molecule has 2 rings (SSSR count). The molecule has 2 aromatic rings. The first-order chi connectivity index (χ1) is 10.3. The number of ether oxygens (including phenoxy) is 1. The summed E-state index contributed by atoms with van der Waals surface area (Å²) in [4.78, 5) is 15.5. The third-order valence-electron chi connectivity index (χ3n) is 2.78. The Labute approximate surface area is 147 Å².